The largest absolute Gasteiger partial charge is 0.368 e. The Balaban J connectivity index is 2.27. The molecule has 0 radical (unpaired) electrons. The summed E-state index contributed by atoms with van der Waals surface area (Å²) in [6, 6.07) is 0. The molecule has 0 amide bonds. The van der Waals surface area contributed by atoms with Crippen LogP contribution in [0, 0.1) is 0 Å². The second kappa shape index (κ2) is 3.83. The lowest BCUT2D eigenvalue weighted by Gasteiger charge is -2.06. The van der Waals surface area contributed by atoms with Crippen molar-refractivity contribution in [3.05, 3.63) is 29.2 Å². The first-order valence-electron chi connectivity index (χ1n) is 6.45. The Morgan fingerprint density at radius 2 is 2.22 bits per heavy atom. The molecule has 3 rings (SSSR count). The third-order valence-corrected chi connectivity index (χ3v) is 3.66. The summed E-state index contributed by atoms with van der Waals surface area (Å²) in [5.41, 5.74) is 12.0. The summed E-state index contributed by atoms with van der Waals surface area (Å²) < 4.78 is 2.32. The molecule has 2 aromatic rings. The maximum Gasteiger partial charge on any atom is 0.220 e. The Kier molecular flexibility index (Phi) is 2.40. The highest BCUT2D eigenvalue weighted by Gasteiger charge is 2.28. The molecule has 0 aromatic carbocycles. The molecular weight excluding hydrogens is 224 g/mol. The van der Waals surface area contributed by atoms with Gasteiger partial charge in [0.25, 0.3) is 0 Å². The number of nitrogen functional groups attached to an aromatic ring is 1. The zero-order valence-corrected chi connectivity index (χ0v) is 11.1. The van der Waals surface area contributed by atoms with Crippen LogP contribution >= 0.6 is 0 Å². The Bertz CT molecular complexity index is 610. The van der Waals surface area contributed by atoms with Crippen molar-refractivity contribution >= 4 is 5.95 Å². The molecule has 0 fully saturated rings. The minimum atomic E-state index is 0.362. The van der Waals surface area contributed by atoms with Gasteiger partial charge in [-0.15, -0.1) is 0 Å². The van der Waals surface area contributed by atoms with E-state index in [4.69, 9.17) is 5.73 Å². The molecule has 0 saturated carbocycles. The predicted molar refractivity (Wildman–Crippen MR) is 72.4 cm³/mol. The van der Waals surface area contributed by atoms with E-state index in [9.17, 15) is 0 Å². The number of anilines is 1. The Labute approximate surface area is 107 Å². The molecule has 94 valence electrons. The summed E-state index contributed by atoms with van der Waals surface area (Å²) in [4.78, 5) is 8.54. The van der Waals surface area contributed by atoms with E-state index in [1.54, 1.807) is 0 Å². The maximum absolute atomic E-state index is 5.72. The van der Waals surface area contributed by atoms with E-state index >= 15 is 0 Å². The van der Waals surface area contributed by atoms with E-state index in [1.807, 2.05) is 6.20 Å². The molecule has 0 saturated heterocycles. The summed E-state index contributed by atoms with van der Waals surface area (Å²) in [6.45, 7) is 7.61. The van der Waals surface area contributed by atoms with Crippen molar-refractivity contribution in [2.24, 2.45) is 0 Å². The average molecular weight is 242 g/mol. The Morgan fingerprint density at radius 1 is 1.44 bits per heavy atom. The molecule has 4 heteroatoms. The van der Waals surface area contributed by atoms with Crippen LogP contribution in [0.2, 0.25) is 0 Å². The van der Waals surface area contributed by atoms with E-state index in [0.29, 0.717) is 11.9 Å². The first-order valence-corrected chi connectivity index (χ1v) is 6.45. The smallest absolute Gasteiger partial charge is 0.220 e. The van der Waals surface area contributed by atoms with E-state index in [1.165, 1.54) is 22.4 Å². The average Bonchev–Trinajstić information content (AvgIpc) is 2.85. The summed E-state index contributed by atoms with van der Waals surface area (Å²) in [5, 5.41) is 0. The third kappa shape index (κ3) is 1.45. The van der Waals surface area contributed by atoms with Crippen LogP contribution in [-0.2, 0) is 13.0 Å². The predicted octanol–water partition coefficient (Wildman–Crippen LogP) is 2.57. The van der Waals surface area contributed by atoms with E-state index in [-0.39, 0.29) is 0 Å². The lowest BCUT2D eigenvalue weighted by atomic mass is 10.0. The molecule has 1 aliphatic rings. The molecule has 0 spiro atoms. The van der Waals surface area contributed by atoms with Crippen LogP contribution in [0.15, 0.2) is 12.4 Å². The second-order valence-corrected chi connectivity index (χ2v) is 5.13. The molecule has 4 nitrogen and oxygen atoms in total. The van der Waals surface area contributed by atoms with Gasteiger partial charge in [-0.3, -0.25) is 0 Å². The molecule has 2 N–H and O–H groups in total. The standard InChI is InChI=1S/C14H18N4/c1-4-18-7-10(8(2)3)12-11(18)5-9-6-16-14(15)17-13(9)12/h6-8H,4-5H2,1-3H3,(H2,15,16,17). The van der Waals surface area contributed by atoms with Gasteiger partial charge in [0.1, 0.15) is 0 Å². The van der Waals surface area contributed by atoms with Crippen molar-refractivity contribution < 1.29 is 0 Å². The highest BCUT2D eigenvalue weighted by molar-refractivity contribution is 5.76. The minimum Gasteiger partial charge on any atom is -0.368 e. The van der Waals surface area contributed by atoms with Gasteiger partial charge in [0, 0.05) is 42.2 Å². The van der Waals surface area contributed by atoms with Gasteiger partial charge < -0.3 is 10.3 Å². The molecule has 2 aromatic heterocycles. The van der Waals surface area contributed by atoms with Crippen LogP contribution in [0.3, 0.4) is 0 Å². The number of hydrogen-bond acceptors (Lipinski definition) is 3. The van der Waals surface area contributed by atoms with Gasteiger partial charge in [0.15, 0.2) is 0 Å². The highest BCUT2D eigenvalue weighted by atomic mass is 15.0. The van der Waals surface area contributed by atoms with E-state index in [0.717, 1.165) is 18.7 Å². The summed E-state index contributed by atoms with van der Waals surface area (Å²) in [6.07, 6.45) is 5.05. The highest BCUT2D eigenvalue weighted by Crippen LogP contribution is 2.41. The summed E-state index contributed by atoms with van der Waals surface area (Å²) >= 11 is 0. The normalized spacial score (nSPS) is 12.9. The molecule has 0 unspecified atom stereocenters. The Hall–Kier alpha value is -1.84. The number of nitrogens with two attached hydrogens (primary N) is 1. The number of aryl methyl sites for hydroxylation is 1. The van der Waals surface area contributed by atoms with Crippen LogP contribution < -0.4 is 5.73 Å². The van der Waals surface area contributed by atoms with Gasteiger partial charge in [-0.1, -0.05) is 13.8 Å². The van der Waals surface area contributed by atoms with Gasteiger partial charge in [0.2, 0.25) is 5.95 Å². The molecule has 0 aliphatic heterocycles. The van der Waals surface area contributed by atoms with Crippen LogP contribution in [0.25, 0.3) is 11.3 Å². The SMILES string of the molecule is CCn1cc(C(C)C)c2c1Cc1cnc(N)nc1-2. The number of hydrogen-bond donors (Lipinski definition) is 1. The van der Waals surface area contributed by atoms with Crippen molar-refractivity contribution in [1.29, 1.82) is 0 Å². The fourth-order valence-electron chi connectivity index (χ4n) is 2.75. The first kappa shape index (κ1) is 11.3. The molecule has 0 atom stereocenters. The number of rotatable bonds is 2. The van der Waals surface area contributed by atoms with Gasteiger partial charge in [0.05, 0.1) is 5.69 Å². The second-order valence-electron chi connectivity index (χ2n) is 5.13. The van der Waals surface area contributed by atoms with Crippen LogP contribution in [-0.4, -0.2) is 14.5 Å². The number of aromatic nitrogens is 3. The zero-order valence-electron chi connectivity index (χ0n) is 11.1. The fraction of sp³-hybridized carbons (Fsp3) is 0.429. The number of fused-ring (bicyclic) bond motifs is 3. The van der Waals surface area contributed by atoms with Crippen molar-refractivity contribution in [1.82, 2.24) is 14.5 Å². The molecule has 1 aliphatic carbocycles. The molecule has 18 heavy (non-hydrogen) atoms. The van der Waals surface area contributed by atoms with Gasteiger partial charge in [-0.25, -0.2) is 9.97 Å². The lowest BCUT2D eigenvalue weighted by Crippen LogP contribution is -1.99. The number of nitrogens with zero attached hydrogens (tertiary/aromatic N) is 3. The van der Waals surface area contributed by atoms with Crippen molar-refractivity contribution in [2.45, 2.75) is 39.7 Å². The van der Waals surface area contributed by atoms with Gasteiger partial charge >= 0.3 is 0 Å². The van der Waals surface area contributed by atoms with Crippen molar-refractivity contribution in [3.8, 4) is 11.3 Å². The lowest BCUT2D eigenvalue weighted by molar-refractivity contribution is 0.725. The molecule has 0 bridgehead atoms. The molecular formula is C14H18N4. The zero-order chi connectivity index (χ0) is 12.9. The quantitative estimate of drug-likeness (QED) is 0.751. The first-order chi connectivity index (χ1) is 8.61. The minimum absolute atomic E-state index is 0.362. The Morgan fingerprint density at radius 3 is 2.89 bits per heavy atom. The maximum atomic E-state index is 5.72. The van der Waals surface area contributed by atoms with Crippen molar-refractivity contribution in [2.75, 3.05) is 5.73 Å². The summed E-state index contributed by atoms with van der Waals surface area (Å²) in [5.74, 6) is 0.856. The van der Waals surface area contributed by atoms with Crippen LogP contribution in [0.4, 0.5) is 5.95 Å². The van der Waals surface area contributed by atoms with Gasteiger partial charge in [-0.2, -0.15) is 0 Å². The fourth-order valence-corrected chi connectivity index (χ4v) is 2.75. The van der Waals surface area contributed by atoms with Gasteiger partial charge in [-0.05, 0) is 18.4 Å². The van der Waals surface area contributed by atoms with Crippen LogP contribution in [0.5, 0.6) is 0 Å². The van der Waals surface area contributed by atoms with Crippen LogP contribution in [0.1, 0.15) is 43.5 Å². The third-order valence-electron chi connectivity index (χ3n) is 3.66. The monoisotopic (exact) mass is 242 g/mol. The van der Waals surface area contributed by atoms with E-state index < -0.39 is 0 Å². The molecule has 2 heterocycles. The van der Waals surface area contributed by atoms with Crippen molar-refractivity contribution in [3.63, 3.8) is 0 Å². The van der Waals surface area contributed by atoms with E-state index in [2.05, 4.69) is 41.5 Å². The summed E-state index contributed by atoms with van der Waals surface area (Å²) in [7, 11) is 0. The topological polar surface area (TPSA) is 56.7 Å².